The van der Waals surface area contributed by atoms with Crippen molar-refractivity contribution in [2.75, 3.05) is 40.6 Å². The number of nitrogens with zero attached hydrogens (tertiary/aromatic N) is 1. The number of fused-ring (bicyclic) bond motifs is 3. The Balaban J connectivity index is 1.84. The third kappa shape index (κ3) is 4.20. The van der Waals surface area contributed by atoms with E-state index in [0.717, 1.165) is 48.5 Å². The van der Waals surface area contributed by atoms with Crippen LogP contribution in [-0.4, -0.2) is 45.5 Å². The highest BCUT2D eigenvalue weighted by atomic mass is 16.5. The largest absolute Gasteiger partial charge is 0.494 e. The van der Waals surface area contributed by atoms with Crippen LogP contribution in [0.1, 0.15) is 36.9 Å². The summed E-state index contributed by atoms with van der Waals surface area (Å²) in [6, 6.07) is 4.52. The van der Waals surface area contributed by atoms with Crippen LogP contribution in [0.5, 0.6) is 11.5 Å². The molecule has 152 valence electrons. The predicted molar refractivity (Wildman–Crippen MR) is 111 cm³/mol. The van der Waals surface area contributed by atoms with Gasteiger partial charge in [-0.05, 0) is 48.6 Å². The first-order chi connectivity index (χ1) is 13.6. The molecule has 5 nitrogen and oxygen atoms in total. The second-order valence-electron chi connectivity index (χ2n) is 7.11. The van der Waals surface area contributed by atoms with Gasteiger partial charge in [0.05, 0.1) is 26.4 Å². The Bertz CT molecular complexity index is 768. The van der Waals surface area contributed by atoms with Gasteiger partial charge in [0.25, 0.3) is 0 Å². The van der Waals surface area contributed by atoms with Crippen molar-refractivity contribution < 1.29 is 18.9 Å². The van der Waals surface area contributed by atoms with Crippen LogP contribution in [0.2, 0.25) is 0 Å². The summed E-state index contributed by atoms with van der Waals surface area (Å²) in [5, 5.41) is 0. The molecule has 1 aromatic carbocycles. The summed E-state index contributed by atoms with van der Waals surface area (Å²) in [7, 11) is 3.39. The summed E-state index contributed by atoms with van der Waals surface area (Å²) in [6.07, 6.45) is 4.81. The van der Waals surface area contributed by atoms with Crippen molar-refractivity contribution in [3.8, 4) is 11.5 Å². The summed E-state index contributed by atoms with van der Waals surface area (Å²) in [5.41, 5.74) is 4.68. The second-order valence-corrected chi connectivity index (χ2v) is 7.11. The molecule has 3 rings (SSSR count). The van der Waals surface area contributed by atoms with Gasteiger partial charge < -0.3 is 23.8 Å². The summed E-state index contributed by atoms with van der Waals surface area (Å²) < 4.78 is 22.3. The van der Waals surface area contributed by atoms with Gasteiger partial charge in [0.2, 0.25) is 0 Å². The fraction of sp³-hybridized carbons (Fsp3) is 0.478. The van der Waals surface area contributed by atoms with E-state index in [2.05, 4.69) is 36.4 Å². The normalized spacial score (nSPS) is 18.1. The van der Waals surface area contributed by atoms with Crippen molar-refractivity contribution in [2.24, 2.45) is 0 Å². The number of hydrogen-bond donors (Lipinski definition) is 0. The van der Waals surface area contributed by atoms with Crippen LogP contribution in [0, 0.1) is 0 Å². The Morgan fingerprint density at radius 2 is 2.04 bits per heavy atom. The lowest BCUT2D eigenvalue weighted by Crippen LogP contribution is -2.35. The summed E-state index contributed by atoms with van der Waals surface area (Å²) >= 11 is 0. The van der Waals surface area contributed by atoms with E-state index in [1.165, 1.54) is 11.1 Å². The highest BCUT2D eigenvalue weighted by Gasteiger charge is 2.32. The Kier molecular flexibility index (Phi) is 6.68. The third-order valence-electron chi connectivity index (χ3n) is 5.31. The van der Waals surface area contributed by atoms with Gasteiger partial charge in [-0.15, -0.1) is 0 Å². The van der Waals surface area contributed by atoms with Crippen molar-refractivity contribution in [1.82, 2.24) is 4.90 Å². The number of allylic oxidation sites excluding steroid dienone is 1. The van der Waals surface area contributed by atoms with E-state index in [9.17, 15) is 0 Å². The van der Waals surface area contributed by atoms with Gasteiger partial charge in [-0.25, -0.2) is 0 Å². The molecule has 0 spiro atoms. The third-order valence-corrected chi connectivity index (χ3v) is 5.31. The molecule has 1 atom stereocenters. The number of rotatable bonds is 9. The molecule has 0 saturated heterocycles. The number of methoxy groups -OCH3 is 2. The SMILES string of the molecule is C=C1CC2c3cc(OC)c(OCCCOC)cc3CCN2C=C1C(=C)OCC. The van der Waals surface area contributed by atoms with E-state index in [4.69, 9.17) is 18.9 Å². The maximum absolute atomic E-state index is 5.95. The van der Waals surface area contributed by atoms with E-state index >= 15 is 0 Å². The van der Waals surface area contributed by atoms with Gasteiger partial charge in [-0.3, -0.25) is 0 Å². The zero-order valence-electron chi connectivity index (χ0n) is 17.3. The van der Waals surface area contributed by atoms with Gasteiger partial charge in [0.1, 0.15) is 5.76 Å². The number of hydrogen-bond acceptors (Lipinski definition) is 5. The van der Waals surface area contributed by atoms with Crippen molar-refractivity contribution >= 4 is 0 Å². The molecule has 0 aliphatic carbocycles. The van der Waals surface area contributed by atoms with Crippen molar-refractivity contribution in [2.45, 2.75) is 32.2 Å². The smallest absolute Gasteiger partial charge is 0.161 e. The molecule has 2 aliphatic heterocycles. The minimum Gasteiger partial charge on any atom is -0.494 e. The summed E-state index contributed by atoms with van der Waals surface area (Å²) in [6.45, 7) is 13.2. The Hall–Kier alpha value is -2.40. The molecule has 0 saturated carbocycles. The summed E-state index contributed by atoms with van der Waals surface area (Å²) in [4.78, 5) is 2.37. The van der Waals surface area contributed by atoms with E-state index < -0.39 is 0 Å². The zero-order valence-corrected chi connectivity index (χ0v) is 17.3. The van der Waals surface area contributed by atoms with Crippen LogP contribution < -0.4 is 9.47 Å². The highest BCUT2D eigenvalue weighted by molar-refractivity contribution is 5.52. The first-order valence-electron chi connectivity index (χ1n) is 9.89. The first-order valence-corrected chi connectivity index (χ1v) is 9.89. The zero-order chi connectivity index (χ0) is 20.1. The van der Waals surface area contributed by atoms with Crippen molar-refractivity contribution in [3.63, 3.8) is 0 Å². The van der Waals surface area contributed by atoms with Crippen molar-refractivity contribution in [1.29, 1.82) is 0 Å². The molecule has 0 N–H and O–H groups in total. The first kappa shape index (κ1) is 20.3. The molecule has 1 unspecified atom stereocenters. The molecule has 28 heavy (non-hydrogen) atoms. The number of benzene rings is 1. The standard InChI is InChI=1S/C23H31NO4/c1-6-27-17(3)20-15-24-9-8-18-13-23(28-11-7-10-25-4)22(26-5)14-19(18)21(24)12-16(20)2/h13-15,21H,2-3,6-12H2,1,4-5H3. The Labute approximate surface area is 168 Å². The van der Waals surface area contributed by atoms with E-state index in [-0.39, 0.29) is 6.04 Å². The van der Waals surface area contributed by atoms with Gasteiger partial charge in [-0.1, -0.05) is 13.2 Å². The maximum atomic E-state index is 5.95. The molecular weight excluding hydrogens is 354 g/mol. The van der Waals surface area contributed by atoms with Gasteiger partial charge in [-0.2, -0.15) is 0 Å². The fourth-order valence-corrected chi connectivity index (χ4v) is 3.89. The van der Waals surface area contributed by atoms with Crippen molar-refractivity contribution in [3.05, 3.63) is 59.5 Å². The Morgan fingerprint density at radius 1 is 1.21 bits per heavy atom. The molecule has 2 aliphatic rings. The molecule has 0 radical (unpaired) electrons. The molecule has 0 amide bonds. The lowest BCUT2D eigenvalue weighted by Gasteiger charge is -2.41. The van der Waals surface area contributed by atoms with E-state index in [1.807, 2.05) is 6.92 Å². The van der Waals surface area contributed by atoms with Crippen LogP contribution in [0.25, 0.3) is 0 Å². The van der Waals surface area contributed by atoms with E-state index in [1.54, 1.807) is 14.2 Å². The van der Waals surface area contributed by atoms with Gasteiger partial charge in [0, 0.05) is 38.5 Å². The molecule has 5 heteroatoms. The van der Waals surface area contributed by atoms with Gasteiger partial charge >= 0.3 is 0 Å². The second kappa shape index (κ2) is 9.20. The average Bonchev–Trinajstić information content (AvgIpc) is 2.70. The molecule has 1 aromatic rings. The molecular formula is C23H31NO4. The van der Waals surface area contributed by atoms with Crippen LogP contribution in [0.4, 0.5) is 0 Å². The lowest BCUT2D eigenvalue weighted by molar-refractivity contribution is 0.170. The lowest BCUT2D eigenvalue weighted by atomic mass is 9.84. The quantitative estimate of drug-likeness (QED) is 0.465. The molecule has 2 heterocycles. The average molecular weight is 386 g/mol. The monoisotopic (exact) mass is 385 g/mol. The molecule has 0 fully saturated rings. The fourth-order valence-electron chi connectivity index (χ4n) is 3.89. The summed E-state index contributed by atoms with van der Waals surface area (Å²) in [5.74, 6) is 2.28. The molecule has 0 bridgehead atoms. The van der Waals surface area contributed by atoms with Crippen LogP contribution in [-0.2, 0) is 15.9 Å². The van der Waals surface area contributed by atoms with Crippen LogP contribution in [0.3, 0.4) is 0 Å². The predicted octanol–water partition coefficient (Wildman–Crippen LogP) is 4.40. The highest BCUT2D eigenvalue weighted by Crippen LogP contribution is 2.44. The van der Waals surface area contributed by atoms with Crippen LogP contribution in [0.15, 0.2) is 48.4 Å². The molecule has 0 aromatic heterocycles. The number of ether oxygens (including phenoxy) is 4. The Morgan fingerprint density at radius 3 is 2.75 bits per heavy atom. The maximum Gasteiger partial charge on any atom is 0.161 e. The minimum absolute atomic E-state index is 0.255. The van der Waals surface area contributed by atoms with Gasteiger partial charge in [0.15, 0.2) is 11.5 Å². The topological polar surface area (TPSA) is 40.2 Å². The van der Waals surface area contributed by atoms with Crippen LogP contribution >= 0.6 is 0 Å². The minimum atomic E-state index is 0.255. The van der Waals surface area contributed by atoms with E-state index in [0.29, 0.717) is 25.6 Å².